The fraction of sp³-hybridized carbons (Fsp3) is 0.500. The Morgan fingerprint density at radius 2 is 1.88 bits per heavy atom. The van der Waals surface area contributed by atoms with Gasteiger partial charge < -0.3 is 10.5 Å². The van der Waals surface area contributed by atoms with Crippen LogP contribution in [0.25, 0.3) is 0 Å². The summed E-state index contributed by atoms with van der Waals surface area (Å²) >= 11 is 0. The number of benzene rings is 1. The molecule has 2 nitrogen and oxygen atoms in total. The molecule has 0 bridgehead atoms. The zero-order valence-electron chi connectivity index (χ0n) is 9.37. The van der Waals surface area contributed by atoms with Gasteiger partial charge >= 0.3 is 6.36 Å². The molecule has 0 aromatic heterocycles. The van der Waals surface area contributed by atoms with Crippen molar-refractivity contribution in [2.24, 2.45) is 11.7 Å². The maximum absolute atomic E-state index is 11.9. The lowest BCUT2D eigenvalue weighted by Crippen LogP contribution is -2.18. The molecule has 1 saturated carbocycles. The minimum absolute atomic E-state index is 0.131. The van der Waals surface area contributed by atoms with Crippen molar-refractivity contribution >= 4 is 0 Å². The minimum Gasteiger partial charge on any atom is -0.406 e. The third kappa shape index (κ3) is 3.12. The highest BCUT2D eigenvalue weighted by molar-refractivity contribution is 5.33. The van der Waals surface area contributed by atoms with E-state index in [-0.39, 0.29) is 11.8 Å². The van der Waals surface area contributed by atoms with Crippen LogP contribution in [0.4, 0.5) is 13.2 Å². The second-order valence-corrected chi connectivity index (χ2v) is 4.48. The summed E-state index contributed by atoms with van der Waals surface area (Å²) in [6, 6.07) is 6.17. The highest BCUT2D eigenvalue weighted by Gasteiger charge is 2.40. The summed E-state index contributed by atoms with van der Waals surface area (Å²) in [5.74, 6) is 0.651. The molecule has 0 heterocycles. The summed E-state index contributed by atoms with van der Waals surface area (Å²) in [4.78, 5) is 0. The quantitative estimate of drug-likeness (QED) is 0.888. The van der Waals surface area contributed by atoms with Gasteiger partial charge in [-0.2, -0.15) is 0 Å². The summed E-state index contributed by atoms with van der Waals surface area (Å²) in [7, 11) is 0. The van der Waals surface area contributed by atoms with E-state index in [2.05, 4.69) is 4.74 Å². The molecule has 1 fully saturated rings. The van der Waals surface area contributed by atoms with Crippen LogP contribution in [0.3, 0.4) is 0 Å². The molecule has 5 heteroatoms. The Morgan fingerprint density at radius 1 is 1.29 bits per heavy atom. The summed E-state index contributed by atoms with van der Waals surface area (Å²) in [5.41, 5.74) is 6.79. The van der Waals surface area contributed by atoms with Gasteiger partial charge in [0.25, 0.3) is 0 Å². The van der Waals surface area contributed by atoms with Gasteiger partial charge in [-0.05, 0) is 42.9 Å². The van der Waals surface area contributed by atoms with Crippen molar-refractivity contribution in [1.82, 2.24) is 0 Å². The van der Waals surface area contributed by atoms with Crippen molar-refractivity contribution in [2.75, 3.05) is 0 Å². The van der Waals surface area contributed by atoms with Gasteiger partial charge in [0, 0.05) is 6.04 Å². The van der Waals surface area contributed by atoms with Gasteiger partial charge in [-0.25, -0.2) is 0 Å². The molecule has 2 rings (SSSR count). The maximum atomic E-state index is 11.9. The summed E-state index contributed by atoms with van der Waals surface area (Å²) < 4.78 is 39.6. The summed E-state index contributed by atoms with van der Waals surface area (Å²) in [6.45, 7) is 1.95. The Kier molecular flexibility index (Phi) is 3.03. The van der Waals surface area contributed by atoms with E-state index in [0.29, 0.717) is 11.8 Å². The Balaban J connectivity index is 2.00. The molecule has 1 aromatic carbocycles. The van der Waals surface area contributed by atoms with Crippen molar-refractivity contribution in [2.45, 2.75) is 31.7 Å². The minimum atomic E-state index is -4.63. The number of halogens is 3. The van der Waals surface area contributed by atoms with E-state index in [9.17, 15) is 13.2 Å². The van der Waals surface area contributed by atoms with Crippen LogP contribution in [0.1, 0.15) is 24.8 Å². The number of alkyl halides is 3. The van der Waals surface area contributed by atoms with Crippen LogP contribution < -0.4 is 10.5 Å². The smallest absolute Gasteiger partial charge is 0.406 e. The second kappa shape index (κ2) is 4.22. The lowest BCUT2D eigenvalue weighted by atomic mass is 10.1. The van der Waals surface area contributed by atoms with Gasteiger partial charge in [-0.1, -0.05) is 12.1 Å². The van der Waals surface area contributed by atoms with E-state index in [1.165, 1.54) is 12.1 Å². The highest BCUT2D eigenvalue weighted by Crippen LogP contribution is 2.49. The molecular weight excluding hydrogens is 231 g/mol. The first-order valence-corrected chi connectivity index (χ1v) is 5.48. The Morgan fingerprint density at radius 3 is 2.29 bits per heavy atom. The second-order valence-electron chi connectivity index (χ2n) is 4.48. The number of ether oxygens (including phenoxy) is 1. The van der Waals surface area contributed by atoms with Crippen LogP contribution in [0.5, 0.6) is 5.75 Å². The number of nitrogens with two attached hydrogens (primary N) is 1. The van der Waals surface area contributed by atoms with Crippen molar-refractivity contribution in [3.8, 4) is 5.75 Å². The molecule has 0 unspecified atom stereocenters. The zero-order valence-corrected chi connectivity index (χ0v) is 9.37. The predicted octanol–water partition coefficient (Wildman–Crippen LogP) is 3.04. The normalized spacial score (nSPS) is 25.5. The van der Waals surface area contributed by atoms with Crippen LogP contribution in [-0.2, 0) is 0 Å². The van der Waals surface area contributed by atoms with E-state index in [0.717, 1.165) is 12.0 Å². The van der Waals surface area contributed by atoms with E-state index in [4.69, 9.17) is 5.73 Å². The average Bonchev–Trinajstić information content (AvgIpc) is 2.96. The first-order valence-electron chi connectivity index (χ1n) is 5.48. The van der Waals surface area contributed by atoms with Gasteiger partial charge in [0.1, 0.15) is 5.75 Å². The van der Waals surface area contributed by atoms with Crippen molar-refractivity contribution < 1.29 is 17.9 Å². The lowest BCUT2D eigenvalue weighted by molar-refractivity contribution is -0.274. The van der Waals surface area contributed by atoms with Crippen LogP contribution in [-0.4, -0.2) is 12.4 Å². The van der Waals surface area contributed by atoms with Crippen molar-refractivity contribution in [1.29, 1.82) is 0 Å². The molecule has 3 atom stereocenters. The standard InChI is InChI=1S/C12H14F3NO/c1-7(16)10-6-11(10)8-2-4-9(5-3-8)17-12(13,14)15/h2-5,7,10-11H,6,16H2,1H3/t7-,10+,11+/m0/s1. The first-order chi connectivity index (χ1) is 7.87. The van der Waals surface area contributed by atoms with Gasteiger partial charge in [0.2, 0.25) is 0 Å². The third-order valence-corrected chi connectivity index (χ3v) is 3.06. The fourth-order valence-electron chi connectivity index (χ4n) is 2.10. The average molecular weight is 245 g/mol. The molecule has 0 amide bonds. The lowest BCUT2D eigenvalue weighted by Gasteiger charge is -2.09. The molecule has 0 saturated heterocycles. The van der Waals surface area contributed by atoms with E-state index in [1.54, 1.807) is 12.1 Å². The van der Waals surface area contributed by atoms with E-state index < -0.39 is 6.36 Å². The molecule has 0 spiro atoms. The van der Waals surface area contributed by atoms with Crippen molar-refractivity contribution in [3.63, 3.8) is 0 Å². The van der Waals surface area contributed by atoms with Crippen molar-refractivity contribution in [3.05, 3.63) is 29.8 Å². The molecule has 94 valence electrons. The summed E-state index contributed by atoms with van der Waals surface area (Å²) in [5, 5.41) is 0. The molecule has 0 radical (unpaired) electrons. The predicted molar refractivity (Wildman–Crippen MR) is 57.6 cm³/mol. The van der Waals surface area contributed by atoms with E-state index in [1.807, 2.05) is 6.92 Å². The van der Waals surface area contributed by atoms with Gasteiger partial charge in [-0.15, -0.1) is 13.2 Å². The zero-order chi connectivity index (χ0) is 12.6. The molecule has 17 heavy (non-hydrogen) atoms. The van der Waals surface area contributed by atoms with Gasteiger partial charge in [0.15, 0.2) is 0 Å². The highest BCUT2D eigenvalue weighted by atomic mass is 19.4. The van der Waals surface area contributed by atoms with Gasteiger partial charge in [-0.3, -0.25) is 0 Å². The Bertz CT molecular complexity index is 386. The Labute approximate surface area is 97.6 Å². The molecular formula is C12H14F3NO. The van der Waals surface area contributed by atoms with Gasteiger partial charge in [0.05, 0.1) is 0 Å². The monoisotopic (exact) mass is 245 g/mol. The molecule has 1 aliphatic carbocycles. The number of rotatable bonds is 3. The van der Waals surface area contributed by atoms with Crippen LogP contribution in [0.15, 0.2) is 24.3 Å². The molecule has 0 aliphatic heterocycles. The number of hydrogen-bond acceptors (Lipinski definition) is 2. The topological polar surface area (TPSA) is 35.2 Å². The largest absolute Gasteiger partial charge is 0.573 e. The SMILES string of the molecule is C[C@H](N)[C@H]1C[C@@H]1c1ccc(OC(F)(F)F)cc1. The molecule has 1 aliphatic rings. The fourth-order valence-corrected chi connectivity index (χ4v) is 2.10. The first kappa shape index (κ1) is 12.2. The van der Waals surface area contributed by atoms with E-state index >= 15 is 0 Å². The van der Waals surface area contributed by atoms with Crippen LogP contribution in [0.2, 0.25) is 0 Å². The molecule has 2 N–H and O–H groups in total. The third-order valence-electron chi connectivity index (χ3n) is 3.06. The van der Waals surface area contributed by atoms with Crippen LogP contribution >= 0.6 is 0 Å². The summed E-state index contributed by atoms with van der Waals surface area (Å²) in [6.07, 6.45) is -3.62. The van der Waals surface area contributed by atoms with Crippen LogP contribution in [0, 0.1) is 5.92 Å². The Hall–Kier alpha value is -1.23. The molecule has 1 aromatic rings. The number of hydrogen-bond donors (Lipinski definition) is 1. The maximum Gasteiger partial charge on any atom is 0.573 e.